The van der Waals surface area contributed by atoms with Crippen molar-refractivity contribution >= 4 is 0 Å². The van der Waals surface area contributed by atoms with Gasteiger partial charge in [-0.25, -0.2) is 0 Å². The van der Waals surface area contributed by atoms with E-state index in [2.05, 4.69) is 44.8 Å². The summed E-state index contributed by atoms with van der Waals surface area (Å²) in [5.74, 6) is 0.780. The molecule has 0 aromatic heterocycles. The zero-order chi connectivity index (χ0) is 13.5. The van der Waals surface area contributed by atoms with Gasteiger partial charge < -0.3 is 5.32 Å². The lowest BCUT2D eigenvalue weighted by molar-refractivity contribution is 0.115. The Kier molecular flexibility index (Phi) is 7.25. The Morgan fingerprint density at radius 2 is 1.72 bits per heavy atom. The molecule has 2 heteroatoms. The van der Waals surface area contributed by atoms with Gasteiger partial charge in [0.25, 0.3) is 0 Å². The molecule has 1 N–H and O–H groups in total. The van der Waals surface area contributed by atoms with E-state index < -0.39 is 0 Å². The van der Waals surface area contributed by atoms with E-state index in [-0.39, 0.29) is 0 Å². The third-order valence-electron chi connectivity index (χ3n) is 4.18. The van der Waals surface area contributed by atoms with Gasteiger partial charge in [0, 0.05) is 24.7 Å². The molecule has 0 spiro atoms. The van der Waals surface area contributed by atoms with Gasteiger partial charge in [0.15, 0.2) is 0 Å². The lowest BCUT2D eigenvalue weighted by Crippen LogP contribution is -2.45. The molecule has 0 aromatic rings. The number of hydrogen-bond donors (Lipinski definition) is 1. The SMILES string of the molecule is CCNC(C)CC(C)N(CC(C)C)C1CCCC1. The molecule has 108 valence electrons. The van der Waals surface area contributed by atoms with Gasteiger partial charge in [-0.15, -0.1) is 0 Å². The molecule has 1 rings (SSSR count). The summed E-state index contributed by atoms with van der Waals surface area (Å²) in [7, 11) is 0. The molecule has 2 unspecified atom stereocenters. The first kappa shape index (κ1) is 16.0. The van der Waals surface area contributed by atoms with E-state index in [1.54, 1.807) is 0 Å². The number of hydrogen-bond acceptors (Lipinski definition) is 2. The summed E-state index contributed by atoms with van der Waals surface area (Å²) >= 11 is 0. The van der Waals surface area contributed by atoms with E-state index in [0.717, 1.165) is 18.5 Å². The van der Waals surface area contributed by atoms with Crippen molar-refractivity contribution in [3.8, 4) is 0 Å². The minimum atomic E-state index is 0.640. The molecule has 0 aliphatic heterocycles. The number of nitrogens with zero attached hydrogens (tertiary/aromatic N) is 1. The van der Waals surface area contributed by atoms with Crippen molar-refractivity contribution in [2.75, 3.05) is 13.1 Å². The predicted octanol–water partition coefficient (Wildman–Crippen LogP) is 3.66. The van der Waals surface area contributed by atoms with Crippen molar-refractivity contribution < 1.29 is 0 Å². The van der Waals surface area contributed by atoms with E-state index in [4.69, 9.17) is 0 Å². The Balaban J connectivity index is 2.51. The third kappa shape index (κ3) is 5.27. The van der Waals surface area contributed by atoms with Crippen LogP contribution in [-0.2, 0) is 0 Å². The smallest absolute Gasteiger partial charge is 0.00982 e. The molecular weight excluding hydrogens is 220 g/mol. The molecular formula is C16H34N2. The van der Waals surface area contributed by atoms with Crippen LogP contribution in [0.4, 0.5) is 0 Å². The Bertz CT molecular complexity index is 209. The summed E-state index contributed by atoms with van der Waals surface area (Å²) in [6.45, 7) is 14.0. The fourth-order valence-electron chi connectivity index (χ4n) is 3.43. The predicted molar refractivity (Wildman–Crippen MR) is 81.0 cm³/mol. The number of nitrogens with one attached hydrogen (secondary N) is 1. The number of rotatable bonds is 8. The minimum absolute atomic E-state index is 0.640. The van der Waals surface area contributed by atoms with E-state index in [9.17, 15) is 0 Å². The van der Waals surface area contributed by atoms with Gasteiger partial charge in [0.1, 0.15) is 0 Å². The van der Waals surface area contributed by atoms with E-state index in [1.165, 1.54) is 38.6 Å². The van der Waals surface area contributed by atoms with Crippen molar-refractivity contribution in [3.05, 3.63) is 0 Å². The normalized spacial score (nSPS) is 20.8. The molecule has 0 aromatic carbocycles. The van der Waals surface area contributed by atoms with Crippen LogP contribution in [0.15, 0.2) is 0 Å². The van der Waals surface area contributed by atoms with Crippen LogP contribution in [0, 0.1) is 5.92 Å². The molecule has 1 aliphatic rings. The van der Waals surface area contributed by atoms with Gasteiger partial charge in [0.05, 0.1) is 0 Å². The maximum absolute atomic E-state index is 3.55. The van der Waals surface area contributed by atoms with Crippen LogP contribution < -0.4 is 5.32 Å². The standard InChI is InChI=1S/C16H34N2/c1-6-17-14(4)11-15(5)18(12-13(2)3)16-9-7-8-10-16/h13-17H,6-12H2,1-5H3. The second kappa shape index (κ2) is 8.16. The van der Waals surface area contributed by atoms with Crippen LogP contribution in [0.2, 0.25) is 0 Å². The molecule has 0 saturated heterocycles. The van der Waals surface area contributed by atoms with Crippen molar-refractivity contribution in [2.45, 2.75) is 84.8 Å². The highest BCUT2D eigenvalue weighted by Gasteiger charge is 2.27. The topological polar surface area (TPSA) is 15.3 Å². The molecule has 0 bridgehead atoms. The molecule has 2 nitrogen and oxygen atoms in total. The van der Waals surface area contributed by atoms with E-state index in [1.807, 2.05) is 0 Å². The summed E-state index contributed by atoms with van der Waals surface area (Å²) < 4.78 is 0. The van der Waals surface area contributed by atoms with E-state index in [0.29, 0.717) is 12.1 Å². The Morgan fingerprint density at radius 3 is 2.22 bits per heavy atom. The Hall–Kier alpha value is -0.0800. The van der Waals surface area contributed by atoms with Crippen molar-refractivity contribution in [3.63, 3.8) is 0 Å². The first-order valence-electron chi connectivity index (χ1n) is 8.03. The summed E-state index contributed by atoms with van der Waals surface area (Å²) in [6.07, 6.45) is 7.00. The van der Waals surface area contributed by atoms with Gasteiger partial charge in [-0.05, 0) is 45.6 Å². The minimum Gasteiger partial charge on any atom is -0.314 e. The van der Waals surface area contributed by atoms with Crippen molar-refractivity contribution in [2.24, 2.45) is 5.92 Å². The molecule has 2 atom stereocenters. The van der Waals surface area contributed by atoms with Crippen LogP contribution in [0.1, 0.15) is 66.7 Å². The molecule has 1 saturated carbocycles. The summed E-state index contributed by atoms with van der Waals surface area (Å²) in [5, 5.41) is 3.55. The molecule has 18 heavy (non-hydrogen) atoms. The van der Waals surface area contributed by atoms with Crippen LogP contribution in [0.25, 0.3) is 0 Å². The van der Waals surface area contributed by atoms with Gasteiger partial charge in [-0.2, -0.15) is 0 Å². The molecule has 0 radical (unpaired) electrons. The van der Waals surface area contributed by atoms with Crippen LogP contribution in [0.3, 0.4) is 0 Å². The highest BCUT2D eigenvalue weighted by Crippen LogP contribution is 2.27. The summed E-state index contributed by atoms with van der Waals surface area (Å²) in [4.78, 5) is 2.80. The third-order valence-corrected chi connectivity index (χ3v) is 4.18. The van der Waals surface area contributed by atoms with Crippen LogP contribution in [-0.4, -0.2) is 36.1 Å². The van der Waals surface area contributed by atoms with Gasteiger partial charge in [0.2, 0.25) is 0 Å². The summed E-state index contributed by atoms with van der Waals surface area (Å²) in [5.41, 5.74) is 0. The summed E-state index contributed by atoms with van der Waals surface area (Å²) in [6, 6.07) is 2.21. The monoisotopic (exact) mass is 254 g/mol. The van der Waals surface area contributed by atoms with Crippen LogP contribution >= 0.6 is 0 Å². The second-order valence-corrected chi connectivity index (χ2v) is 6.57. The first-order valence-corrected chi connectivity index (χ1v) is 8.03. The van der Waals surface area contributed by atoms with Gasteiger partial charge in [-0.1, -0.05) is 33.6 Å². The van der Waals surface area contributed by atoms with Crippen LogP contribution in [0.5, 0.6) is 0 Å². The molecule has 1 aliphatic carbocycles. The molecule has 1 fully saturated rings. The maximum atomic E-state index is 3.55. The lowest BCUT2D eigenvalue weighted by atomic mass is 10.0. The molecule has 0 heterocycles. The second-order valence-electron chi connectivity index (χ2n) is 6.57. The Morgan fingerprint density at radius 1 is 1.11 bits per heavy atom. The maximum Gasteiger partial charge on any atom is 0.00982 e. The van der Waals surface area contributed by atoms with Crippen molar-refractivity contribution in [1.29, 1.82) is 0 Å². The van der Waals surface area contributed by atoms with E-state index >= 15 is 0 Å². The highest BCUT2D eigenvalue weighted by atomic mass is 15.2. The van der Waals surface area contributed by atoms with Crippen molar-refractivity contribution in [1.82, 2.24) is 10.2 Å². The lowest BCUT2D eigenvalue weighted by Gasteiger charge is -2.37. The molecule has 0 amide bonds. The zero-order valence-corrected chi connectivity index (χ0v) is 13.2. The Labute approximate surface area is 115 Å². The fraction of sp³-hybridized carbons (Fsp3) is 1.00. The van der Waals surface area contributed by atoms with Gasteiger partial charge in [-0.3, -0.25) is 4.90 Å². The fourth-order valence-corrected chi connectivity index (χ4v) is 3.43. The highest BCUT2D eigenvalue weighted by molar-refractivity contribution is 4.83. The average Bonchev–Trinajstić information content (AvgIpc) is 2.78. The quantitative estimate of drug-likeness (QED) is 0.711. The first-order chi connectivity index (χ1) is 8.54. The largest absolute Gasteiger partial charge is 0.314 e. The average molecular weight is 254 g/mol. The zero-order valence-electron chi connectivity index (χ0n) is 13.2. The van der Waals surface area contributed by atoms with Gasteiger partial charge >= 0.3 is 0 Å².